The van der Waals surface area contributed by atoms with Gasteiger partial charge in [0, 0.05) is 12.7 Å². The van der Waals surface area contributed by atoms with Gasteiger partial charge in [-0.2, -0.15) is 0 Å². The standard InChI is InChI=1S/C13H19FN2O4S/c1-13(2,3)5-9(12(17)18)6-16-21(19,20)11-4-10(14)7-15-8-11/h4,7-9,16H,5-6H2,1-3H3,(H,17,18). The summed E-state index contributed by atoms with van der Waals surface area (Å²) >= 11 is 0. The third kappa shape index (κ3) is 5.76. The maximum absolute atomic E-state index is 13.0. The van der Waals surface area contributed by atoms with Crippen LogP contribution in [0, 0.1) is 17.2 Å². The molecule has 8 heteroatoms. The number of nitrogens with one attached hydrogen (secondary N) is 1. The first kappa shape index (κ1) is 17.5. The van der Waals surface area contributed by atoms with Gasteiger partial charge in [0.25, 0.3) is 0 Å². The van der Waals surface area contributed by atoms with Crippen LogP contribution in [0.15, 0.2) is 23.4 Å². The van der Waals surface area contributed by atoms with Gasteiger partial charge in [0.1, 0.15) is 10.7 Å². The Morgan fingerprint density at radius 1 is 1.43 bits per heavy atom. The number of hydrogen-bond acceptors (Lipinski definition) is 4. The molecule has 0 bridgehead atoms. The molecule has 1 aromatic heterocycles. The molecule has 1 rings (SSSR count). The Morgan fingerprint density at radius 2 is 2.05 bits per heavy atom. The highest BCUT2D eigenvalue weighted by Crippen LogP contribution is 2.24. The van der Waals surface area contributed by atoms with Crippen molar-refractivity contribution in [3.8, 4) is 0 Å². The number of pyridine rings is 1. The maximum atomic E-state index is 13.0. The number of carboxylic acid groups (broad SMARTS) is 1. The van der Waals surface area contributed by atoms with Crippen molar-refractivity contribution in [1.29, 1.82) is 0 Å². The van der Waals surface area contributed by atoms with Crippen LogP contribution in [-0.2, 0) is 14.8 Å². The van der Waals surface area contributed by atoms with Gasteiger partial charge in [-0.25, -0.2) is 17.5 Å². The van der Waals surface area contributed by atoms with Gasteiger partial charge in [0.2, 0.25) is 10.0 Å². The molecule has 1 unspecified atom stereocenters. The van der Waals surface area contributed by atoms with E-state index in [1.807, 2.05) is 20.8 Å². The maximum Gasteiger partial charge on any atom is 0.307 e. The molecule has 0 aliphatic carbocycles. The molecule has 2 N–H and O–H groups in total. The van der Waals surface area contributed by atoms with Crippen molar-refractivity contribution in [2.24, 2.45) is 11.3 Å². The minimum Gasteiger partial charge on any atom is -0.481 e. The SMILES string of the molecule is CC(C)(C)CC(CNS(=O)(=O)c1cncc(F)c1)C(=O)O. The van der Waals surface area contributed by atoms with Crippen LogP contribution in [0.2, 0.25) is 0 Å². The van der Waals surface area contributed by atoms with Crippen LogP contribution in [-0.4, -0.2) is 31.0 Å². The fourth-order valence-corrected chi connectivity index (χ4v) is 2.87. The lowest BCUT2D eigenvalue weighted by atomic mass is 9.85. The second kappa shape index (κ2) is 6.48. The summed E-state index contributed by atoms with van der Waals surface area (Å²) in [4.78, 5) is 14.3. The largest absolute Gasteiger partial charge is 0.481 e. The van der Waals surface area contributed by atoms with E-state index in [0.717, 1.165) is 18.5 Å². The van der Waals surface area contributed by atoms with E-state index < -0.39 is 27.7 Å². The number of rotatable bonds is 6. The third-order valence-electron chi connectivity index (χ3n) is 2.72. The van der Waals surface area contributed by atoms with E-state index in [4.69, 9.17) is 5.11 Å². The topological polar surface area (TPSA) is 96.4 Å². The van der Waals surface area contributed by atoms with E-state index in [0.29, 0.717) is 6.42 Å². The molecule has 0 saturated carbocycles. The van der Waals surface area contributed by atoms with E-state index in [2.05, 4.69) is 9.71 Å². The summed E-state index contributed by atoms with van der Waals surface area (Å²) in [5.74, 6) is -2.71. The number of aliphatic carboxylic acids is 1. The fraction of sp³-hybridized carbons (Fsp3) is 0.538. The average Bonchev–Trinajstić information content (AvgIpc) is 2.33. The molecule has 0 fully saturated rings. The molecule has 118 valence electrons. The smallest absolute Gasteiger partial charge is 0.307 e. The highest BCUT2D eigenvalue weighted by Gasteiger charge is 2.26. The first-order valence-corrected chi connectivity index (χ1v) is 7.82. The lowest BCUT2D eigenvalue weighted by Gasteiger charge is -2.23. The van der Waals surface area contributed by atoms with Gasteiger partial charge < -0.3 is 5.11 Å². The highest BCUT2D eigenvalue weighted by molar-refractivity contribution is 7.89. The number of halogens is 1. The molecular weight excluding hydrogens is 299 g/mol. The zero-order chi connectivity index (χ0) is 16.3. The molecule has 0 saturated heterocycles. The van der Waals surface area contributed by atoms with Crippen LogP contribution in [0.3, 0.4) is 0 Å². The predicted octanol–water partition coefficient (Wildman–Crippen LogP) is 1.64. The van der Waals surface area contributed by atoms with Gasteiger partial charge in [-0.15, -0.1) is 0 Å². The van der Waals surface area contributed by atoms with Crippen molar-refractivity contribution in [3.05, 3.63) is 24.3 Å². The lowest BCUT2D eigenvalue weighted by molar-refractivity contribution is -0.142. The van der Waals surface area contributed by atoms with Crippen LogP contribution < -0.4 is 4.72 Å². The van der Waals surface area contributed by atoms with E-state index in [1.165, 1.54) is 0 Å². The van der Waals surface area contributed by atoms with Crippen LogP contribution in [0.1, 0.15) is 27.2 Å². The Labute approximate surface area is 123 Å². The van der Waals surface area contributed by atoms with Crippen molar-refractivity contribution >= 4 is 16.0 Å². The number of hydrogen-bond donors (Lipinski definition) is 2. The van der Waals surface area contributed by atoms with Gasteiger partial charge in [-0.05, 0) is 17.9 Å². The third-order valence-corrected chi connectivity index (χ3v) is 4.11. The quantitative estimate of drug-likeness (QED) is 0.831. The predicted molar refractivity (Wildman–Crippen MR) is 74.6 cm³/mol. The highest BCUT2D eigenvalue weighted by atomic mass is 32.2. The van der Waals surface area contributed by atoms with E-state index in [1.54, 1.807) is 0 Å². The minimum atomic E-state index is -3.98. The number of carboxylic acids is 1. The molecule has 1 aromatic rings. The van der Waals surface area contributed by atoms with Gasteiger partial charge in [-0.3, -0.25) is 9.78 Å². The summed E-state index contributed by atoms with van der Waals surface area (Å²) in [7, 11) is -3.98. The van der Waals surface area contributed by atoms with Crippen LogP contribution in [0.4, 0.5) is 4.39 Å². The van der Waals surface area contributed by atoms with Crippen LogP contribution in [0.25, 0.3) is 0 Å². The zero-order valence-corrected chi connectivity index (χ0v) is 12.9. The Bertz CT molecular complexity index is 611. The van der Waals surface area contributed by atoms with Crippen molar-refractivity contribution in [1.82, 2.24) is 9.71 Å². The van der Waals surface area contributed by atoms with Crippen LogP contribution in [0.5, 0.6) is 0 Å². The van der Waals surface area contributed by atoms with Crippen molar-refractivity contribution in [3.63, 3.8) is 0 Å². The molecule has 1 heterocycles. The van der Waals surface area contributed by atoms with Gasteiger partial charge in [0.15, 0.2) is 0 Å². The number of carbonyl (C=O) groups is 1. The van der Waals surface area contributed by atoms with Crippen molar-refractivity contribution < 1.29 is 22.7 Å². The summed E-state index contributed by atoms with van der Waals surface area (Å²) in [6.45, 7) is 5.35. The molecule has 0 aliphatic rings. The van der Waals surface area contributed by atoms with Crippen molar-refractivity contribution in [2.45, 2.75) is 32.1 Å². The summed E-state index contributed by atoms with van der Waals surface area (Å²) in [6, 6.07) is 0.828. The molecule has 0 radical (unpaired) electrons. The average molecular weight is 318 g/mol. The molecule has 0 aromatic carbocycles. The van der Waals surface area contributed by atoms with E-state index >= 15 is 0 Å². The van der Waals surface area contributed by atoms with Gasteiger partial charge >= 0.3 is 5.97 Å². The van der Waals surface area contributed by atoms with E-state index in [-0.39, 0.29) is 16.9 Å². The fourth-order valence-electron chi connectivity index (χ4n) is 1.82. The second-order valence-corrected chi connectivity index (χ2v) is 7.76. The number of nitrogens with zero attached hydrogens (tertiary/aromatic N) is 1. The van der Waals surface area contributed by atoms with Crippen molar-refractivity contribution in [2.75, 3.05) is 6.54 Å². The molecule has 0 aliphatic heterocycles. The Morgan fingerprint density at radius 3 is 2.52 bits per heavy atom. The Kier molecular flexibility index (Phi) is 5.41. The lowest BCUT2D eigenvalue weighted by Crippen LogP contribution is -2.35. The summed E-state index contributed by atoms with van der Waals surface area (Å²) in [6.07, 6.45) is 2.20. The molecule has 21 heavy (non-hydrogen) atoms. The first-order chi connectivity index (χ1) is 9.51. The van der Waals surface area contributed by atoms with E-state index in [9.17, 15) is 17.6 Å². The minimum absolute atomic E-state index is 0.255. The molecular formula is C13H19FN2O4S. The monoisotopic (exact) mass is 318 g/mol. The Balaban J connectivity index is 2.82. The molecule has 0 spiro atoms. The number of sulfonamides is 1. The summed E-state index contributed by atoms with van der Waals surface area (Å²) in [5.41, 5.74) is -0.255. The molecule has 1 atom stereocenters. The summed E-state index contributed by atoms with van der Waals surface area (Å²) < 4.78 is 39.1. The Hall–Kier alpha value is -1.54. The zero-order valence-electron chi connectivity index (χ0n) is 12.1. The first-order valence-electron chi connectivity index (χ1n) is 6.34. The van der Waals surface area contributed by atoms with Crippen LogP contribution >= 0.6 is 0 Å². The number of aromatic nitrogens is 1. The van der Waals surface area contributed by atoms with Gasteiger partial charge in [0.05, 0.1) is 12.1 Å². The second-order valence-electron chi connectivity index (χ2n) is 5.99. The van der Waals surface area contributed by atoms with Gasteiger partial charge in [-0.1, -0.05) is 20.8 Å². The molecule has 6 nitrogen and oxygen atoms in total. The normalized spacial score (nSPS) is 13.9. The molecule has 0 amide bonds. The summed E-state index contributed by atoms with van der Waals surface area (Å²) in [5, 5.41) is 9.14.